The average molecular weight is 213 g/mol. The number of aromatic nitrogens is 1. The number of carbonyl (C=O) groups excluding carboxylic acids is 1. The number of carboxylic acids is 1. The van der Waals surface area contributed by atoms with Gasteiger partial charge in [0.05, 0.1) is 7.11 Å². The van der Waals surface area contributed by atoms with Crippen molar-refractivity contribution in [1.29, 1.82) is 0 Å². The van der Waals surface area contributed by atoms with Crippen molar-refractivity contribution >= 4 is 11.9 Å². The van der Waals surface area contributed by atoms with Gasteiger partial charge in [-0.05, 0) is 13.3 Å². The molecule has 1 heterocycles. The Morgan fingerprint density at radius 1 is 1.53 bits per heavy atom. The van der Waals surface area contributed by atoms with E-state index in [2.05, 4.69) is 9.89 Å². The summed E-state index contributed by atoms with van der Waals surface area (Å²) in [5.74, 6) is -1.12. The highest BCUT2D eigenvalue weighted by Gasteiger charge is 2.20. The predicted molar refractivity (Wildman–Crippen MR) is 48.5 cm³/mol. The van der Waals surface area contributed by atoms with Crippen LogP contribution in [0.25, 0.3) is 0 Å². The second-order valence-electron chi connectivity index (χ2n) is 2.95. The number of hydrogen-bond donors (Lipinski definition) is 1. The molecular formula is C9H11NO5. The van der Waals surface area contributed by atoms with Gasteiger partial charge in [0.2, 0.25) is 0 Å². The number of esters is 1. The Balaban J connectivity index is 2.89. The third-order valence-corrected chi connectivity index (χ3v) is 1.95. The zero-order chi connectivity index (χ0) is 11.4. The molecule has 0 atom stereocenters. The maximum atomic E-state index is 11.2. The van der Waals surface area contributed by atoms with Crippen molar-refractivity contribution in [3.63, 3.8) is 0 Å². The second-order valence-corrected chi connectivity index (χ2v) is 2.95. The zero-order valence-corrected chi connectivity index (χ0v) is 8.44. The van der Waals surface area contributed by atoms with Crippen LogP contribution in [0, 0.1) is 6.92 Å². The topological polar surface area (TPSA) is 89.6 Å². The molecule has 0 spiro atoms. The first-order chi connectivity index (χ1) is 7.06. The van der Waals surface area contributed by atoms with E-state index in [1.165, 1.54) is 7.11 Å². The van der Waals surface area contributed by atoms with E-state index in [0.29, 0.717) is 11.3 Å². The monoisotopic (exact) mass is 213 g/mol. The molecule has 0 radical (unpaired) electrons. The summed E-state index contributed by atoms with van der Waals surface area (Å²) in [6.45, 7) is 1.62. The quantitative estimate of drug-likeness (QED) is 0.743. The summed E-state index contributed by atoms with van der Waals surface area (Å²) in [6.07, 6.45) is 0.126. The molecule has 1 aromatic heterocycles. The Bertz CT molecular complexity index is 382. The largest absolute Gasteiger partial charge is 0.481 e. The lowest BCUT2D eigenvalue weighted by Crippen LogP contribution is -2.07. The van der Waals surface area contributed by atoms with Crippen molar-refractivity contribution < 1.29 is 24.0 Å². The molecule has 0 saturated carbocycles. The number of carbonyl (C=O) groups is 2. The van der Waals surface area contributed by atoms with E-state index in [9.17, 15) is 9.59 Å². The number of methoxy groups -OCH3 is 1. The van der Waals surface area contributed by atoms with Crippen LogP contribution in [-0.2, 0) is 16.0 Å². The maximum absolute atomic E-state index is 11.2. The number of ether oxygens (including phenoxy) is 1. The van der Waals surface area contributed by atoms with Gasteiger partial charge in [-0.15, -0.1) is 0 Å². The summed E-state index contributed by atoms with van der Waals surface area (Å²) in [5, 5.41) is 12.0. The van der Waals surface area contributed by atoms with E-state index in [1.807, 2.05) is 0 Å². The number of nitrogens with zero attached hydrogens (tertiary/aromatic N) is 1. The molecule has 0 fully saturated rings. The molecule has 1 aromatic rings. The minimum atomic E-state index is -0.939. The molecule has 1 rings (SSSR count). The fraction of sp³-hybridized carbons (Fsp3) is 0.444. The van der Waals surface area contributed by atoms with Gasteiger partial charge >= 0.3 is 11.9 Å². The fourth-order valence-electron chi connectivity index (χ4n) is 1.17. The van der Waals surface area contributed by atoms with Gasteiger partial charge in [0.15, 0.2) is 5.69 Å². The van der Waals surface area contributed by atoms with Crippen molar-refractivity contribution in [1.82, 2.24) is 5.16 Å². The first-order valence-corrected chi connectivity index (χ1v) is 4.31. The summed E-state index contributed by atoms with van der Waals surface area (Å²) in [5.41, 5.74) is 0.542. The number of aryl methyl sites for hydroxylation is 1. The molecule has 6 heteroatoms. The van der Waals surface area contributed by atoms with E-state index < -0.39 is 11.9 Å². The molecule has 1 N–H and O–H groups in total. The highest BCUT2D eigenvalue weighted by atomic mass is 16.5. The highest BCUT2D eigenvalue weighted by molar-refractivity contribution is 5.89. The molecule has 0 bridgehead atoms. The second kappa shape index (κ2) is 4.59. The van der Waals surface area contributed by atoms with Gasteiger partial charge in [0.1, 0.15) is 5.76 Å². The Morgan fingerprint density at radius 3 is 2.73 bits per heavy atom. The Morgan fingerprint density at radius 2 is 2.20 bits per heavy atom. The van der Waals surface area contributed by atoms with Crippen LogP contribution in [-0.4, -0.2) is 29.3 Å². The van der Waals surface area contributed by atoms with E-state index in [0.717, 1.165) is 0 Å². The Hall–Kier alpha value is -1.85. The minimum Gasteiger partial charge on any atom is -0.481 e. The summed E-state index contributed by atoms with van der Waals surface area (Å²) in [7, 11) is 1.23. The Labute approximate surface area is 85.8 Å². The van der Waals surface area contributed by atoms with Crippen LogP contribution in [0.3, 0.4) is 0 Å². The summed E-state index contributed by atoms with van der Waals surface area (Å²) in [4.78, 5) is 21.6. The van der Waals surface area contributed by atoms with Crippen molar-refractivity contribution in [2.24, 2.45) is 0 Å². The number of rotatable bonds is 4. The van der Waals surface area contributed by atoms with E-state index in [1.54, 1.807) is 6.92 Å². The van der Waals surface area contributed by atoms with Gasteiger partial charge in [0.25, 0.3) is 0 Å². The molecule has 0 saturated heterocycles. The average Bonchev–Trinajstić information content (AvgIpc) is 2.55. The first-order valence-electron chi connectivity index (χ1n) is 4.31. The van der Waals surface area contributed by atoms with Gasteiger partial charge in [-0.3, -0.25) is 4.79 Å². The summed E-state index contributed by atoms with van der Waals surface area (Å²) >= 11 is 0. The van der Waals surface area contributed by atoms with Gasteiger partial charge < -0.3 is 14.4 Å². The maximum Gasteiger partial charge on any atom is 0.360 e. The normalized spacial score (nSPS) is 10.0. The molecule has 0 aromatic carbocycles. The lowest BCUT2D eigenvalue weighted by Gasteiger charge is -1.98. The van der Waals surface area contributed by atoms with Crippen LogP contribution in [0.15, 0.2) is 4.52 Å². The number of carboxylic acid groups (broad SMARTS) is 1. The van der Waals surface area contributed by atoms with Gasteiger partial charge in [-0.1, -0.05) is 5.16 Å². The van der Waals surface area contributed by atoms with Gasteiger partial charge in [0, 0.05) is 12.0 Å². The van der Waals surface area contributed by atoms with E-state index >= 15 is 0 Å². The molecule has 0 amide bonds. The highest BCUT2D eigenvalue weighted by Crippen LogP contribution is 2.16. The first kappa shape index (κ1) is 11.2. The van der Waals surface area contributed by atoms with Crippen molar-refractivity contribution in [2.45, 2.75) is 19.8 Å². The van der Waals surface area contributed by atoms with E-state index in [-0.39, 0.29) is 18.5 Å². The number of hydrogen-bond acceptors (Lipinski definition) is 5. The SMILES string of the molecule is COC(=O)c1noc(C)c1CCC(=O)O. The predicted octanol–water partition coefficient (Wildman–Crippen LogP) is 0.787. The minimum absolute atomic E-state index is 0.0521. The molecule has 0 unspecified atom stereocenters. The molecule has 0 aliphatic heterocycles. The van der Waals surface area contributed by atoms with Crippen molar-refractivity contribution in [3.8, 4) is 0 Å². The molecule has 82 valence electrons. The smallest absolute Gasteiger partial charge is 0.360 e. The van der Waals surface area contributed by atoms with Crippen LogP contribution in [0.4, 0.5) is 0 Å². The summed E-state index contributed by atoms with van der Waals surface area (Å²) < 4.78 is 9.30. The van der Waals surface area contributed by atoms with Gasteiger partial charge in [-0.2, -0.15) is 0 Å². The number of aliphatic carboxylic acids is 1. The molecular weight excluding hydrogens is 202 g/mol. The van der Waals surface area contributed by atoms with Crippen LogP contribution in [0.1, 0.15) is 28.2 Å². The molecule has 0 aliphatic carbocycles. The van der Waals surface area contributed by atoms with Gasteiger partial charge in [-0.25, -0.2) is 4.79 Å². The molecule has 15 heavy (non-hydrogen) atoms. The third-order valence-electron chi connectivity index (χ3n) is 1.95. The standard InChI is InChI=1S/C9H11NO5/c1-5-6(3-4-7(11)12)8(10-15-5)9(13)14-2/h3-4H2,1-2H3,(H,11,12). The van der Waals surface area contributed by atoms with Crippen LogP contribution in [0.5, 0.6) is 0 Å². The van der Waals surface area contributed by atoms with Crippen molar-refractivity contribution in [2.75, 3.05) is 7.11 Å². The Kier molecular flexibility index (Phi) is 3.43. The van der Waals surface area contributed by atoms with E-state index in [4.69, 9.17) is 9.63 Å². The van der Waals surface area contributed by atoms with Crippen LogP contribution in [0.2, 0.25) is 0 Å². The lowest BCUT2D eigenvalue weighted by molar-refractivity contribution is -0.136. The molecule has 6 nitrogen and oxygen atoms in total. The van der Waals surface area contributed by atoms with Crippen LogP contribution >= 0.6 is 0 Å². The molecule has 0 aliphatic rings. The zero-order valence-electron chi connectivity index (χ0n) is 8.44. The summed E-state index contributed by atoms with van der Waals surface area (Å²) in [6, 6.07) is 0. The lowest BCUT2D eigenvalue weighted by atomic mass is 10.1. The van der Waals surface area contributed by atoms with Crippen molar-refractivity contribution in [3.05, 3.63) is 17.0 Å². The fourth-order valence-corrected chi connectivity index (χ4v) is 1.17. The third kappa shape index (κ3) is 2.55. The van der Waals surface area contributed by atoms with Crippen LogP contribution < -0.4 is 0 Å².